The average molecular weight is 248 g/mol. The summed E-state index contributed by atoms with van der Waals surface area (Å²) < 4.78 is 0. The lowest BCUT2D eigenvalue weighted by molar-refractivity contribution is -0.123. The summed E-state index contributed by atoms with van der Waals surface area (Å²) in [7, 11) is 0. The standard InChI is InChI=1S/C13H16N2OS/c14-12(17)6-3-7-15-13(16)11-8-9-4-1-2-5-10(9)11/h1-2,4-5,11H,3,6-8H2,(H2,14,17)(H,15,16). The fourth-order valence-electron chi connectivity index (χ4n) is 2.09. The highest BCUT2D eigenvalue weighted by molar-refractivity contribution is 7.80. The number of nitrogens with one attached hydrogen (secondary N) is 1. The van der Waals surface area contributed by atoms with E-state index in [4.69, 9.17) is 18.0 Å². The van der Waals surface area contributed by atoms with Gasteiger partial charge in [0.05, 0.1) is 10.9 Å². The van der Waals surface area contributed by atoms with Crippen molar-refractivity contribution in [2.45, 2.75) is 25.2 Å². The SMILES string of the molecule is NC(=S)CCCNC(=O)C1Cc2ccccc21. The summed E-state index contributed by atoms with van der Waals surface area (Å²) in [6, 6.07) is 8.09. The molecule has 4 heteroatoms. The summed E-state index contributed by atoms with van der Waals surface area (Å²) in [5.74, 6) is 0.155. The van der Waals surface area contributed by atoms with E-state index in [-0.39, 0.29) is 11.8 Å². The first-order chi connectivity index (χ1) is 8.18. The predicted molar refractivity (Wildman–Crippen MR) is 71.9 cm³/mol. The van der Waals surface area contributed by atoms with Crippen molar-refractivity contribution in [3.8, 4) is 0 Å². The van der Waals surface area contributed by atoms with E-state index in [1.807, 2.05) is 18.2 Å². The van der Waals surface area contributed by atoms with Crippen molar-refractivity contribution in [2.75, 3.05) is 6.54 Å². The minimum absolute atomic E-state index is 0.0380. The zero-order valence-electron chi connectivity index (χ0n) is 9.61. The zero-order chi connectivity index (χ0) is 12.3. The van der Waals surface area contributed by atoms with Crippen LogP contribution in [0.3, 0.4) is 0 Å². The molecule has 0 saturated heterocycles. The molecule has 1 amide bonds. The molecule has 1 aliphatic carbocycles. The van der Waals surface area contributed by atoms with Gasteiger partial charge in [0.1, 0.15) is 0 Å². The number of hydrogen-bond donors (Lipinski definition) is 2. The Labute approximate surface area is 106 Å². The normalized spacial score (nSPS) is 16.8. The van der Waals surface area contributed by atoms with E-state index in [1.165, 1.54) is 11.1 Å². The van der Waals surface area contributed by atoms with Crippen LogP contribution in [0.5, 0.6) is 0 Å². The van der Waals surface area contributed by atoms with Gasteiger partial charge in [-0.15, -0.1) is 0 Å². The number of fused-ring (bicyclic) bond motifs is 1. The average Bonchev–Trinajstić information content (AvgIpc) is 2.26. The minimum Gasteiger partial charge on any atom is -0.393 e. The number of amides is 1. The van der Waals surface area contributed by atoms with Crippen LogP contribution in [-0.2, 0) is 11.2 Å². The van der Waals surface area contributed by atoms with Crippen LogP contribution in [0.1, 0.15) is 29.9 Å². The van der Waals surface area contributed by atoms with E-state index in [0.717, 1.165) is 12.8 Å². The largest absolute Gasteiger partial charge is 0.393 e. The smallest absolute Gasteiger partial charge is 0.227 e. The van der Waals surface area contributed by atoms with Crippen LogP contribution in [0.15, 0.2) is 24.3 Å². The fraction of sp³-hybridized carbons (Fsp3) is 0.385. The molecule has 1 atom stereocenters. The van der Waals surface area contributed by atoms with E-state index < -0.39 is 0 Å². The van der Waals surface area contributed by atoms with E-state index in [0.29, 0.717) is 18.0 Å². The number of rotatable bonds is 5. The molecule has 0 radical (unpaired) electrons. The van der Waals surface area contributed by atoms with Crippen LogP contribution in [0.25, 0.3) is 0 Å². The molecule has 2 rings (SSSR count). The highest BCUT2D eigenvalue weighted by Crippen LogP contribution is 2.34. The lowest BCUT2D eigenvalue weighted by Crippen LogP contribution is -2.36. The van der Waals surface area contributed by atoms with Crippen molar-refractivity contribution in [1.82, 2.24) is 5.32 Å². The first-order valence-electron chi connectivity index (χ1n) is 5.82. The van der Waals surface area contributed by atoms with Gasteiger partial charge in [-0.2, -0.15) is 0 Å². The molecule has 0 heterocycles. The number of thiocarbonyl (C=S) groups is 1. The van der Waals surface area contributed by atoms with Crippen LogP contribution < -0.4 is 11.1 Å². The van der Waals surface area contributed by atoms with Crippen molar-refractivity contribution in [3.05, 3.63) is 35.4 Å². The molecule has 17 heavy (non-hydrogen) atoms. The summed E-state index contributed by atoms with van der Waals surface area (Å²) >= 11 is 4.78. The van der Waals surface area contributed by atoms with Crippen LogP contribution >= 0.6 is 12.2 Å². The monoisotopic (exact) mass is 248 g/mol. The Bertz CT molecular complexity index is 445. The molecule has 0 aliphatic heterocycles. The molecule has 3 N–H and O–H groups in total. The Kier molecular flexibility index (Phi) is 3.74. The molecule has 1 aliphatic rings. The van der Waals surface area contributed by atoms with Gasteiger partial charge in [0.25, 0.3) is 0 Å². The van der Waals surface area contributed by atoms with Gasteiger partial charge in [-0.25, -0.2) is 0 Å². The van der Waals surface area contributed by atoms with Crippen LogP contribution in [0, 0.1) is 0 Å². The van der Waals surface area contributed by atoms with E-state index >= 15 is 0 Å². The van der Waals surface area contributed by atoms with Gasteiger partial charge in [0.2, 0.25) is 5.91 Å². The van der Waals surface area contributed by atoms with E-state index in [1.54, 1.807) is 0 Å². The number of carbonyl (C=O) groups excluding carboxylic acids is 1. The molecule has 1 unspecified atom stereocenters. The summed E-state index contributed by atoms with van der Waals surface area (Å²) in [6.45, 7) is 0.648. The highest BCUT2D eigenvalue weighted by atomic mass is 32.1. The number of carbonyl (C=O) groups is 1. The second-order valence-electron chi connectivity index (χ2n) is 4.32. The van der Waals surface area contributed by atoms with Crippen molar-refractivity contribution in [3.63, 3.8) is 0 Å². The number of nitrogens with two attached hydrogens (primary N) is 1. The molecule has 3 nitrogen and oxygen atoms in total. The maximum atomic E-state index is 11.9. The van der Waals surface area contributed by atoms with Crippen LogP contribution in [-0.4, -0.2) is 17.4 Å². The van der Waals surface area contributed by atoms with Crippen molar-refractivity contribution < 1.29 is 4.79 Å². The molecular formula is C13H16N2OS. The van der Waals surface area contributed by atoms with E-state index in [9.17, 15) is 4.79 Å². The highest BCUT2D eigenvalue weighted by Gasteiger charge is 2.31. The first kappa shape index (κ1) is 12.0. The van der Waals surface area contributed by atoms with Crippen molar-refractivity contribution in [1.29, 1.82) is 0 Å². The Hall–Kier alpha value is -1.42. The summed E-state index contributed by atoms with van der Waals surface area (Å²) in [6.07, 6.45) is 2.36. The second-order valence-corrected chi connectivity index (χ2v) is 4.84. The van der Waals surface area contributed by atoms with Gasteiger partial charge in [-0.3, -0.25) is 4.79 Å². The quantitative estimate of drug-likeness (QED) is 0.613. The molecule has 0 fully saturated rings. The first-order valence-corrected chi connectivity index (χ1v) is 6.23. The number of hydrogen-bond acceptors (Lipinski definition) is 2. The van der Waals surface area contributed by atoms with Gasteiger partial charge in [-0.1, -0.05) is 36.5 Å². The van der Waals surface area contributed by atoms with E-state index in [2.05, 4.69) is 11.4 Å². The number of benzene rings is 1. The van der Waals surface area contributed by atoms with Gasteiger partial charge < -0.3 is 11.1 Å². The fourth-order valence-corrected chi connectivity index (χ4v) is 2.23. The Morgan fingerprint density at radius 3 is 2.94 bits per heavy atom. The summed E-state index contributed by atoms with van der Waals surface area (Å²) in [5, 5.41) is 2.93. The third-order valence-electron chi connectivity index (χ3n) is 3.07. The van der Waals surface area contributed by atoms with Crippen LogP contribution in [0.2, 0.25) is 0 Å². The third kappa shape index (κ3) is 2.82. The summed E-state index contributed by atoms with van der Waals surface area (Å²) in [4.78, 5) is 12.4. The lowest BCUT2D eigenvalue weighted by Gasteiger charge is -2.28. The molecule has 90 valence electrons. The molecular weight excluding hydrogens is 232 g/mol. The molecule has 0 saturated carbocycles. The summed E-state index contributed by atoms with van der Waals surface area (Å²) in [5.41, 5.74) is 7.84. The Morgan fingerprint density at radius 2 is 2.24 bits per heavy atom. The zero-order valence-corrected chi connectivity index (χ0v) is 10.4. The second kappa shape index (κ2) is 5.27. The van der Waals surface area contributed by atoms with Crippen molar-refractivity contribution >= 4 is 23.1 Å². The van der Waals surface area contributed by atoms with Crippen LogP contribution in [0.4, 0.5) is 0 Å². The maximum absolute atomic E-state index is 11.9. The molecule has 0 spiro atoms. The van der Waals surface area contributed by atoms with Gasteiger partial charge >= 0.3 is 0 Å². The Morgan fingerprint density at radius 1 is 1.47 bits per heavy atom. The van der Waals surface area contributed by atoms with Gasteiger partial charge in [0, 0.05) is 6.54 Å². The predicted octanol–water partition coefficient (Wildman–Crippen LogP) is 1.51. The Balaban J connectivity index is 1.78. The topological polar surface area (TPSA) is 55.1 Å². The molecule has 1 aromatic rings. The minimum atomic E-state index is 0.0380. The maximum Gasteiger partial charge on any atom is 0.227 e. The third-order valence-corrected chi connectivity index (χ3v) is 3.27. The molecule has 0 aromatic heterocycles. The van der Waals surface area contributed by atoms with Gasteiger partial charge in [0.15, 0.2) is 0 Å². The van der Waals surface area contributed by atoms with Gasteiger partial charge in [-0.05, 0) is 30.4 Å². The van der Waals surface area contributed by atoms with Crippen molar-refractivity contribution in [2.24, 2.45) is 5.73 Å². The molecule has 0 bridgehead atoms. The molecule has 1 aromatic carbocycles. The lowest BCUT2D eigenvalue weighted by atomic mass is 9.77.